The van der Waals surface area contributed by atoms with Crippen LogP contribution in [0.25, 0.3) is 52.8 Å². The third-order valence-corrected chi connectivity index (χ3v) is 12.4. The summed E-state index contributed by atoms with van der Waals surface area (Å²) in [5.41, 5.74) is 2.19. The standard InChI is InChI=1S/C26H12F10N4S6/c27-45(28,29,30,31)15-5-1-3-13(11-15)17-7-9-19(41-17)21-23-25(39-43-37-23)22(26-24(21)38-44-40-26)20-10-8-18(42-20)14-4-2-6-16(12-14)46(32,33,34,35)36/h1-12H. The van der Waals surface area contributed by atoms with Crippen molar-refractivity contribution in [2.75, 3.05) is 0 Å². The van der Waals surface area contributed by atoms with Crippen molar-refractivity contribution in [3.05, 3.63) is 72.8 Å². The van der Waals surface area contributed by atoms with Crippen LogP contribution in [0.3, 0.4) is 0 Å². The number of fused-ring (bicyclic) bond motifs is 2. The van der Waals surface area contributed by atoms with Crippen LogP contribution < -0.4 is 0 Å². The molecule has 1 aliphatic rings. The van der Waals surface area contributed by atoms with Crippen molar-refractivity contribution < 1.29 is 38.9 Å². The fraction of sp³-hybridized carbons (Fsp3) is 0. The Labute approximate surface area is 268 Å². The van der Waals surface area contributed by atoms with Gasteiger partial charge in [-0.1, -0.05) is 63.1 Å². The number of nitrogens with zero attached hydrogens (tertiary/aromatic N) is 4. The van der Waals surface area contributed by atoms with E-state index in [0.29, 0.717) is 67.6 Å². The Morgan fingerprint density at radius 2 is 0.870 bits per heavy atom. The van der Waals surface area contributed by atoms with Gasteiger partial charge in [0.1, 0.15) is 32.2 Å². The molecule has 242 valence electrons. The SMILES string of the molecule is FS(F)(F)(F)(F)c1cccc(-c2ccc(-c3c4c(c(-c5ccc(-c6cccc(S(F)(F)(F)(F)F)c6)s5)c5nsnc35)N=S=N4)s2)c1. The quantitative estimate of drug-likeness (QED) is 0.158. The predicted molar refractivity (Wildman–Crippen MR) is 169 cm³/mol. The van der Waals surface area contributed by atoms with Gasteiger partial charge in [-0.2, -0.15) is 17.5 Å². The Morgan fingerprint density at radius 1 is 0.478 bits per heavy atom. The van der Waals surface area contributed by atoms with E-state index in [1.165, 1.54) is 24.3 Å². The molecular weight excluding hydrogens is 751 g/mol. The first kappa shape index (κ1) is 31.3. The summed E-state index contributed by atoms with van der Waals surface area (Å²) in [4.78, 5) is -2.49. The second-order valence-electron chi connectivity index (χ2n) is 9.99. The van der Waals surface area contributed by atoms with Crippen molar-refractivity contribution >= 4 is 88.6 Å². The molecule has 0 atom stereocenters. The van der Waals surface area contributed by atoms with E-state index < -0.39 is 30.2 Å². The van der Waals surface area contributed by atoms with Crippen molar-refractivity contribution in [3.8, 4) is 41.8 Å². The average Bonchev–Trinajstić information content (AvgIpc) is 3.76. The van der Waals surface area contributed by atoms with E-state index in [2.05, 4.69) is 17.5 Å². The van der Waals surface area contributed by atoms with Gasteiger partial charge in [-0.15, -0.1) is 22.7 Å². The minimum absolute atomic E-state index is 0.0701. The Morgan fingerprint density at radius 3 is 1.26 bits per heavy atom. The smallest absolute Gasteiger partial charge is 0.172 e. The maximum Gasteiger partial charge on any atom is 0.310 e. The summed E-state index contributed by atoms with van der Waals surface area (Å²) >= 11 is 3.74. The van der Waals surface area contributed by atoms with E-state index in [-0.39, 0.29) is 20.9 Å². The van der Waals surface area contributed by atoms with E-state index in [4.69, 9.17) is 0 Å². The highest BCUT2D eigenvalue weighted by Crippen LogP contribution is 3.02. The van der Waals surface area contributed by atoms with Gasteiger partial charge < -0.3 is 0 Å². The van der Waals surface area contributed by atoms with Gasteiger partial charge in [-0.25, -0.2) is 0 Å². The molecule has 0 N–H and O–H groups in total. The van der Waals surface area contributed by atoms with Crippen LogP contribution in [0.1, 0.15) is 0 Å². The summed E-state index contributed by atoms with van der Waals surface area (Å²) in [7, 11) is -19.8. The van der Waals surface area contributed by atoms with Crippen molar-refractivity contribution in [3.63, 3.8) is 0 Å². The van der Waals surface area contributed by atoms with Crippen LogP contribution in [0.4, 0.5) is 50.2 Å². The maximum absolute atomic E-state index is 13.5. The first-order valence-corrected chi connectivity index (χ1v) is 19.4. The minimum Gasteiger partial charge on any atom is -0.172 e. The van der Waals surface area contributed by atoms with Gasteiger partial charge in [-0.3, -0.25) is 0 Å². The van der Waals surface area contributed by atoms with Crippen molar-refractivity contribution in [1.82, 2.24) is 8.75 Å². The lowest BCUT2D eigenvalue weighted by Crippen LogP contribution is -2.05. The van der Waals surface area contributed by atoms with Gasteiger partial charge in [0.2, 0.25) is 0 Å². The zero-order valence-corrected chi connectivity index (χ0v) is 26.8. The first-order valence-electron chi connectivity index (χ1n) is 12.4. The Hall–Kier alpha value is -3.30. The van der Waals surface area contributed by atoms with Crippen LogP contribution in [0.5, 0.6) is 0 Å². The molecule has 4 heterocycles. The van der Waals surface area contributed by atoms with E-state index in [0.717, 1.165) is 57.9 Å². The molecule has 0 unspecified atom stereocenters. The second kappa shape index (κ2) is 8.78. The Kier molecular flexibility index (Phi) is 5.98. The summed E-state index contributed by atoms with van der Waals surface area (Å²) in [5.74, 6) is 0. The highest BCUT2D eigenvalue weighted by molar-refractivity contribution is 8.46. The molecular formula is C26H12F10N4S6. The number of hydrogen-bond donors (Lipinski definition) is 0. The van der Waals surface area contributed by atoms with Crippen LogP contribution in [-0.2, 0) is 11.4 Å². The van der Waals surface area contributed by atoms with Crippen molar-refractivity contribution in [2.45, 2.75) is 9.79 Å². The molecule has 3 aromatic carbocycles. The first-order chi connectivity index (χ1) is 21.1. The molecule has 0 saturated carbocycles. The highest BCUT2D eigenvalue weighted by Gasteiger charge is 2.66. The summed E-state index contributed by atoms with van der Waals surface area (Å²) in [5, 5.41) is 0. The lowest BCUT2D eigenvalue weighted by atomic mass is 10.0. The fourth-order valence-corrected chi connectivity index (χ4v) is 9.35. The molecule has 0 radical (unpaired) electrons. The molecule has 20 heteroatoms. The van der Waals surface area contributed by atoms with Crippen LogP contribution in [-0.4, -0.2) is 8.75 Å². The topological polar surface area (TPSA) is 50.5 Å². The van der Waals surface area contributed by atoms with Gasteiger partial charge in [0.05, 0.1) is 23.1 Å². The zero-order valence-electron chi connectivity index (χ0n) is 21.9. The summed E-state index contributed by atoms with van der Waals surface area (Å²) in [6.45, 7) is 0. The van der Waals surface area contributed by atoms with Gasteiger partial charge in [-0.05, 0) is 59.7 Å². The summed E-state index contributed by atoms with van der Waals surface area (Å²) in [6, 6.07) is 12.0. The summed E-state index contributed by atoms with van der Waals surface area (Å²) in [6.07, 6.45) is 0. The van der Waals surface area contributed by atoms with Crippen molar-refractivity contribution in [2.24, 2.45) is 8.73 Å². The minimum atomic E-state index is -9.92. The van der Waals surface area contributed by atoms with Gasteiger partial charge >= 0.3 is 20.4 Å². The van der Waals surface area contributed by atoms with Crippen LogP contribution >= 0.6 is 54.8 Å². The Balaban J connectivity index is 1.33. The zero-order chi connectivity index (χ0) is 33.0. The number of halogens is 10. The van der Waals surface area contributed by atoms with Gasteiger partial charge in [0.25, 0.3) is 0 Å². The molecule has 1 aliphatic heterocycles. The molecule has 0 spiro atoms. The molecule has 4 nitrogen and oxygen atoms in total. The number of hydrogen-bond acceptors (Lipinski definition) is 7. The number of thiophene rings is 2. The lowest BCUT2D eigenvalue weighted by molar-refractivity contribution is 0.360. The fourth-order valence-electron chi connectivity index (χ4n) is 4.76. The van der Waals surface area contributed by atoms with Crippen LogP contribution in [0.15, 0.2) is 91.3 Å². The molecule has 6 aromatic rings. The molecule has 0 amide bonds. The number of benzene rings is 3. The third kappa shape index (κ3) is 5.63. The summed E-state index contributed by atoms with van der Waals surface area (Å²) < 4.78 is 152. The van der Waals surface area contributed by atoms with E-state index in [1.807, 2.05) is 0 Å². The average molecular weight is 763 g/mol. The van der Waals surface area contributed by atoms with E-state index >= 15 is 0 Å². The molecule has 7 rings (SSSR count). The normalized spacial score (nSPS) is 16.4. The molecule has 3 aromatic heterocycles. The maximum atomic E-state index is 13.5. The van der Waals surface area contributed by atoms with Crippen LogP contribution in [0.2, 0.25) is 0 Å². The number of aromatic nitrogens is 2. The lowest BCUT2D eigenvalue weighted by Gasteiger charge is -2.40. The van der Waals surface area contributed by atoms with Crippen molar-refractivity contribution in [1.29, 1.82) is 0 Å². The largest absolute Gasteiger partial charge is 0.310 e. The predicted octanol–water partition coefficient (Wildman–Crippen LogP) is 14.5. The molecule has 0 bridgehead atoms. The highest BCUT2D eigenvalue weighted by atomic mass is 32.5. The molecule has 0 aliphatic carbocycles. The Bertz CT molecular complexity index is 2180. The van der Waals surface area contributed by atoms with Gasteiger partial charge in [0.15, 0.2) is 0 Å². The van der Waals surface area contributed by atoms with E-state index in [1.54, 1.807) is 12.1 Å². The molecule has 0 fully saturated rings. The third-order valence-electron chi connectivity index (χ3n) is 6.76. The van der Waals surface area contributed by atoms with E-state index in [9.17, 15) is 38.9 Å². The van der Waals surface area contributed by atoms with Crippen LogP contribution in [0, 0.1) is 0 Å². The molecule has 46 heavy (non-hydrogen) atoms. The van der Waals surface area contributed by atoms with Gasteiger partial charge in [0, 0.05) is 30.6 Å². The molecule has 0 saturated heterocycles. The number of rotatable bonds is 6. The second-order valence-corrected chi connectivity index (χ2v) is 18.0. The monoisotopic (exact) mass is 762 g/mol.